The first-order chi connectivity index (χ1) is 5.93. The fourth-order valence-corrected chi connectivity index (χ4v) is 0.617. The van der Waals surface area contributed by atoms with Crippen LogP contribution in [0.2, 0.25) is 0 Å². The van der Waals surface area contributed by atoms with Crippen LogP contribution >= 0.6 is 0 Å². The normalized spacial score (nSPS) is 16.2. The quantitative estimate of drug-likeness (QED) is 0.539. The van der Waals surface area contributed by atoms with Gasteiger partial charge in [-0.2, -0.15) is 13.2 Å². The van der Waals surface area contributed by atoms with Gasteiger partial charge in [-0.25, -0.2) is 0 Å². The Labute approximate surface area is 74.6 Å². The molecule has 1 atom stereocenters. The molecule has 0 saturated heterocycles. The van der Waals surface area contributed by atoms with Gasteiger partial charge in [-0.1, -0.05) is 12.2 Å². The molecule has 0 saturated carbocycles. The summed E-state index contributed by atoms with van der Waals surface area (Å²) in [5.41, 5.74) is 4.60. The number of aliphatic imine (C=N–C) groups is 1. The molecular formula is C8H11F3N2. The lowest BCUT2D eigenvalue weighted by molar-refractivity contribution is -0.139. The van der Waals surface area contributed by atoms with Gasteiger partial charge in [0.25, 0.3) is 0 Å². The molecule has 0 aliphatic heterocycles. The first-order valence-electron chi connectivity index (χ1n) is 3.55. The Hall–Kier alpha value is -1.10. The van der Waals surface area contributed by atoms with Crippen molar-refractivity contribution in [3.05, 3.63) is 23.9 Å². The lowest BCUT2D eigenvalue weighted by atomic mass is 10.2. The Morgan fingerprint density at radius 1 is 1.54 bits per heavy atom. The zero-order chi connectivity index (χ0) is 10.5. The van der Waals surface area contributed by atoms with Gasteiger partial charge >= 0.3 is 6.18 Å². The molecule has 0 spiro atoms. The van der Waals surface area contributed by atoms with Crippen LogP contribution in [0.15, 0.2) is 28.9 Å². The molecule has 5 heteroatoms. The Kier molecular flexibility index (Phi) is 4.40. The molecule has 2 N–H and O–H groups in total. The van der Waals surface area contributed by atoms with E-state index in [-0.39, 0.29) is 5.70 Å². The van der Waals surface area contributed by atoms with Gasteiger partial charge < -0.3 is 5.73 Å². The van der Waals surface area contributed by atoms with E-state index in [1.807, 2.05) is 0 Å². The predicted molar refractivity (Wildman–Crippen MR) is 46.5 cm³/mol. The standard InChI is InChI=1S/C8H11F3N2/c1-3-4-5-6(13-2)7(12)8(9,10)11/h3-5,7H,2,12H2,1H3/b4-3-,6-5-/t7-/m0/s1. The SMILES string of the molecule is C=N/C(=C\C=C/C)[C@H](N)C(F)(F)F. The van der Waals surface area contributed by atoms with Crippen molar-refractivity contribution in [2.75, 3.05) is 0 Å². The van der Waals surface area contributed by atoms with Crippen molar-refractivity contribution < 1.29 is 13.2 Å². The minimum Gasteiger partial charge on any atom is -0.315 e. The fourth-order valence-electron chi connectivity index (χ4n) is 0.617. The van der Waals surface area contributed by atoms with E-state index < -0.39 is 12.2 Å². The van der Waals surface area contributed by atoms with Gasteiger partial charge in [-0.3, -0.25) is 4.99 Å². The summed E-state index contributed by atoms with van der Waals surface area (Å²) < 4.78 is 36.1. The van der Waals surface area contributed by atoms with Gasteiger partial charge in [0.2, 0.25) is 0 Å². The number of nitrogens with zero attached hydrogens (tertiary/aromatic N) is 1. The largest absolute Gasteiger partial charge is 0.409 e. The third-order valence-corrected chi connectivity index (χ3v) is 1.31. The number of hydrogen-bond donors (Lipinski definition) is 1. The van der Waals surface area contributed by atoms with Crippen molar-refractivity contribution in [3.63, 3.8) is 0 Å². The average Bonchev–Trinajstić information content (AvgIpc) is 2.04. The summed E-state index contributed by atoms with van der Waals surface area (Å²) in [7, 11) is 0. The van der Waals surface area contributed by atoms with Crippen LogP contribution in [0, 0.1) is 0 Å². The summed E-state index contributed by atoms with van der Waals surface area (Å²) in [6, 6.07) is -2.07. The number of nitrogens with two attached hydrogens (primary N) is 1. The second-order valence-electron chi connectivity index (χ2n) is 2.29. The fraction of sp³-hybridized carbons (Fsp3) is 0.375. The second-order valence-corrected chi connectivity index (χ2v) is 2.29. The highest BCUT2D eigenvalue weighted by Crippen LogP contribution is 2.23. The molecule has 0 rings (SSSR count). The van der Waals surface area contributed by atoms with E-state index in [2.05, 4.69) is 11.7 Å². The van der Waals surface area contributed by atoms with Gasteiger partial charge in [-0.15, -0.1) is 0 Å². The predicted octanol–water partition coefficient (Wildman–Crippen LogP) is 2.04. The van der Waals surface area contributed by atoms with Crippen LogP contribution in [-0.2, 0) is 0 Å². The Morgan fingerprint density at radius 2 is 2.08 bits per heavy atom. The molecule has 0 radical (unpaired) electrons. The summed E-state index contributed by atoms with van der Waals surface area (Å²) >= 11 is 0. The van der Waals surface area contributed by atoms with Crippen LogP contribution in [0.25, 0.3) is 0 Å². The van der Waals surface area contributed by atoms with Crippen molar-refractivity contribution in [3.8, 4) is 0 Å². The van der Waals surface area contributed by atoms with E-state index in [9.17, 15) is 13.2 Å². The molecule has 0 bridgehead atoms. The highest BCUT2D eigenvalue weighted by atomic mass is 19.4. The summed E-state index contributed by atoms with van der Waals surface area (Å²) in [4.78, 5) is 3.21. The summed E-state index contributed by atoms with van der Waals surface area (Å²) in [5.74, 6) is 0. The van der Waals surface area contributed by atoms with Crippen LogP contribution in [0.3, 0.4) is 0 Å². The maximum absolute atomic E-state index is 12.0. The Balaban J connectivity index is 4.69. The molecule has 0 aliphatic rings. The zero-order valence-corrected chi connectivity index (χ0v) is 7.17. The summed E-state index contributed by atoms with van der Waals surface area (Å²) in [6.07, 6.45) is -0.288. The highest BCUT2D eigenvalue weighted by Gasteiger charge is 2.38. The van der Waals surface area contributed by atoms with Crippen LogP contribution in [0.5, 0.6) is 0 Å². The van der Waals surface area contributed by atoms with Gasteiger partial charge in [-0.05, 0) is 19.7 Å². The first-order valence-corrected chi connectivity index (χ1v) is 3.55. The first kappa shape index (κ1) is 11.9. The van der Waals surface area contributed by atoms with E-state index in [1.165, 1.54) is 12.2 Å². The third-order valence-electron chi connectivity index (χ3n) is 1.31. The van der Waals surface area contributed by atoms with E-state index in [0.717, 1.165) is 0 Å². The van der Waals surface area contributed by atoms with Crippen molar-refractivity contribution in [1.82, 2.24) is 0 Å². The van der Waals surface area contributed by atoms with Crippen molar-refractivity contribution >= 4 is 6.72 Å². The van der Waals surface area contributed by atoms with Crippen LogP contribution in [0.1, 0.15) is 6.92 Å². The van der Waals surface area contributed by atoms with E-state index in [1.54, 1.807) is 13.0 Å². The highest BCUT2D eigenvalue weighted by molar-refractivity contribution is 5.32. The number of halogens is 3. The van der Waals surface area contributed by atoms with Gasteiger partial charge in [0, 0.05) is 0 Å². The van der Waals surface area contributed by atoms with E-state index in [0.29, 0.717) is 0 Å². The maximum atomic E-state index is 12.0. The van der Waals surface area contributed by atoms with Crippen molar-refractivity contribution in [1.29, 1.82) is 0 Å². The summed E-state index contributed by atoms with van der Waals surface area (Å²) in [5, 5.41) is 0. The van der Waals surface area contributed by atoms with Gasteiger partial charge in [0.1, 0.15) is 6.04 Å². The molecule has 0 amide bonds. The molecule has 0 aromatic rings. The molecule has 0 unspecified atom stereocenters. The van der Waals surface area contributed by atoms with Crippen molar-refractivity contribution in [2.24, 2.45) is 10.7 Å². The molecule has 0 fully saturated rings. The lowest BCUT2D eigenvalue weighted by Gasteiger charge is -2.15. The molecule has 0 aliphatic carbocycles. The van der Waals surface area contributed by atoms with Gasteiger partial charge in [0.15, 0.2) is 0 Å². The topological polar surface area (TPSA) is 38.4 Å². The minimum atomic E-state index is -4.48. The molecule has 0 heterocycles. The van der Waals surface area contributed by atoms with Crippen LogP contribution in [-0.4, -0.2) is 18.9 Å². The molecule has 0 aromatic heterocycles. The average molecular weight is 192 g/mol. The second kappa shape index (κ2) is 4.81. The summed E-state index contributed by atoms with van der Waals surface area (Å²) in [6.45, 7) is 4.69. The number of hydrogen-bond acceptors (Lipinski definition) is 2. The molecule has 13 heavy (non-hydrogen) atoms. The van der Waals surface area contributed by atoms with Crippen LogP contribution in [0.4, 0.5) is 13.2 Å². The van der Waals surface area contributed by atoms with Crippen molar-refractivity contribution in [2.45, 2.75) is 19.1 Å². The minimum absolute atomic E-state index is 0.286. The number of alkyl halides is 3. The van der Waals surface area contributed by atoms with Crippen LogP contribution < -0.4 is 5.73 Å². The third kappa shape index (κ3) is 3.89. The molecule has 74 valence electrons. The number of allylic oxidation sites excluding steroid dienone is 3. The monoisotopic (exact) mass is 192 g/mol. The molecular weight excluding hydrogens is 181 g/mol. The number of rotatable bonds is 3. The molecule has 0 aromatic carbocycles. The Bertz CT molecular complexity index is 228. The van der Waals surface area contributed by atoms with E-state index in [4.69, 9.17) is 5.73 Å². The Morgan fingerprint density at radius 3 is 2.38 bits per heavy atom. The molecule has 2 nitrogen and oxygen atoms in total. The van der Waals surface area contributed by atoms with E-state index >= 15 is 0 Å². The van der Waals surface area contributed by atoms with Gasteiger partial charge in [0.05, 0.1) is 5.70 Å². The lowest BCUT2D eigenvalue weighted by Crippen LogP contribution is -2.38. The smallest absolute Gasteiger partial charge is 0.315 e. The zero-order valence-electron chi connectivity index (χ0n) is 7.17. The maximum Gasteiger partial charge on any atom is 0.409 e.